The Labute approximate surface area is 196 Å². The van der Waals surface area contributed by atoms with Gasteiger partial charge >= 0.3 is 11.9 Å². The van der Waals surface area contributed by atoms with Crippen LogP contribution in [0.15, 0.2) is 96.2 Å². The standard InChI is InChI=1S/C26H24FNO6/c27-22(16-28-33-17-19-10-4-1-5-11-19)24(34-26(31)21-14-8-3-9-15-21)23(29)18-32-25(30)20-12-6-2-7-13-20/h1-16,22-24,29H,17-18H2/b28-16+/t22-,23-,24+/m1/s1. The number of aliphatic hydroxyl groups is 1. The predicted octanol–water partition coefficient (Wildman–Crippen LogP) is 3.97. The first kappa shape index (κ1) is 24.6. The molecule has 7 nitrogen and oxygen atoms in total. The molecular weight excluding hydrogens is 441 g/mol. The first-order valence-corrected chi connectivity index (χ1v) is 10.5. The summed E-state index contributed by atoms with van der Waals surface area (Å²) in [6.45, 7) is -0.491. The number of nitrogens with zero attached hydrogens (tertiary/aromatic N) is 1. The number of oxime groups is 1. The molecule has 0 unspecified atom stereocenters. The van der Waals surface area contributed by atoms with Crippen molar-refractivity contribution in [2.45, 2.75) is 25.0 Å². The Morgan fingerprint density at radius 3 is 1.97 bits per heavy atom. The third-order valence-corrected chi connectivity index (χ3v) is 4.69. The second-order valence-corrected chi connectivity index (χ2v) is 7.23. The lowest BCUT2D eigenvalue weighted by atomic mass is 10.1. The van der Waals surface area contributed by atoms with Gasteiger partial charge in [-0.1, -0.05) is 71.9 Å². The van der Waals surface area contributed by atoms with Gasteiger partial charge in [-0.15, -0.1) is 0 Å². The van der Waals surface area contributed by atoms with E-state index in [0.29, 0.717) is 0 Å². The summed E-state index contributed by atoms with van der Waals surface area (Å²) < 4.78 is 25.2. The Bertz CT molecular complexity index is 1060. The minimum atomic E-state index is -2.03. The van der Waals surface area contributed by atoms with Crippen LogP contribution in [-0.4, -0.2) is 48.2 Å². The highest BCUT2D eigenvalue weighted by molar-refractivity contribution is 5.90. The van der Waals surface area contributed by atoms with Gasteiger partial charge in [-0.25, -0.2) is 14.0 Å². The van der Waals surface area contributed by atoms with Gasteiger partial charge in [0.05, 0.1) is 17.3 Å². The van der Waals surface area contributed by atoms with Gasteiger partial charge in [0.2, 0.25) is 0 Å². The Kier molecular flexibility index (Phi) is 9.30. The largest absolute Gasteiger partial charge is 0.459 e. The number of carbonyl (C=O) groups excluding carboxylic acids is 2. The van der Waals surface area contributed by atoms with Crippen LogP contribution in [0.4, 0.5) is 4.39 Å². The van der Waals surface area contributed by atoms with Gasteiger partial charge in [-0.2, -0.15) is 0 Å². The molecule has 0 saturated carbocycles. The van der Waals surface area contributed by atoms with E-state index in [1.165, 1.54) is 24.3 Å². The van der Waals surface area contributed by atoms with E-state index < -0.39 is 36.9 Å². The molecule has 0 aliphatic rings. The molecular formula is C26H24FNO6. The summed E-state index contributed by atoms with van der Waals surface area (Å²) >= 11 is 0. The molecule has 3 aromatic rings. The van der Waals surface area contributed by atoms with Gasteiger partial charge in [-0.05, 0) is 29.8 Å². The van der Waals surface area contributed by atoms with Crippen molar-refractivity contribution in [2.24, 2.45) is 5.16 Å². The van der Waals surface area contributed by atoms with Crippen LogP contribution in [0.25, 0.3) is 0 Å². The number of rotatable bonds is 11. The van der Waals surface area contributed by atoms with Crippen LogP contribution < -0.4 is 0 Å². The zero-order valence-corrected chi connectivity index (χ0v) is 18.2. The first-order valence-electron chi connectivity index (χ1n) is 10.5. The Morgan fingerprint density at radius 1 is 0.853 bits per heavy atom. The molecule has 3 aromatic carbocycles. The topological polar surface area (TPSA) is 94.4 Å². The molecule has 3 atom stereocenters. The number of halogens is 1. The molecule has 0 fully saturated rings. The van der Waals surface area contributed by atoms with Crippen LogP contribution in [0.1, 0.15) is 26.3 Å². The quantitative estimate of drug-likeness (QED) is 0.262. The fraction of sp³-hybridized carbons (Fsp3) is 0.192. The molecule has 176 valence electrons. The van der Waals surface area contributed by atoms with Crippen molar-refractivity contribution < 1.29 is 33.4 Å². The molecule has 0 spiro atoms. The van der Waals surface area contributed by atoms with E-state index in [4.69, 9.17) is 14.3 Å². The summed E-state index contributed by atoms with van der Waals surface area (Å²) in [7, 11) is 0. The van der Waals surface area contributed by atoms with E-state index in [1.54, 1.807) is 36.4 Å². The molecule has 0 radical (unpaired) electrons. The van der Waals surface area contributed by atoms with Gasteiger partial charge in [0.1, 0.15) is 19.3 Å². The number of ether oxygens (including phenoxy) is 2. The van der Waals surface area contributed by atoms with Crippen molar-refractivity contribution in [3.8, 4) is 0 Å². The third-order valence-electron chi connectivity index (χ3n) is 4.69. The van der Waals surface area contributed by atoms with Crippen molar-refractivity contribution >= 4 is 18.2 Å². The Balaban J connectivity index is 1.64. The average Bonchev–Trinajstić information content (AvgIpc) is 2.89. The number of benzene rings is 3. The van der Waals surface area contributed by atoms with Crippen molar-refractivity contribution in [2.75, 3.05) is 6.61 Å². The molecule has 3 rings (SSSR count). The maximum absolute atomic E-state index is 15.0. The lowest BCUT2D eigenvalue weighted by molar-refractivity contribution is -0.0595. The summed E-state index contributed by atoms with van der Waals surface area (Å²) in [6.07, 6.45) is -4.60. The molecule has 0 bridgehead atoms. The van der Waals surface area contributed by atoms with Crippen LogP contribution in [0.2, 0.25) is 0 Å². The lowest BCUT2D eigenvalue weighted by Gasteiger charge is -2.24. The lowest BCUT2D eigenvalue weighted by Crippen LogP contribution is -2.43. The highest BCUT2D eigenvalue weighted by Crippen LogP contribution is 2.14. The van der Waals surface area contributed by atoms with Crippen LogP contribution in [0.5, 0.6) is 0 Å². The Hall–Kier alpha value is -4.04. The van der Waals surface area contributed by atoms with E-state index in [-0.39, 0.29) is 17.7 Å². The van der Waals surface area contributed by atoms with Crippen molar-refractivity contribution in [1.82, 2.24) is 0 Å². The zero-order valence-electron chi connectivity index (χ0n) is 18.2. The highest BCUT2D eigenvalue weighted by atomic mass is 19.1. The number of hydrogen-bond acceptors (Lipinski definition) is 7. The second-order valence-electron chi connectivity index (χ2n) is 7.23. The van der Waals surface area contributed by atoms with E-state index in [1.807, 2.05) is 30.3 Å². The molecule has 8 heteroatoms. The third kappa shape index (κ3) is 7.53. The van der Waals surface area contributed by atoms with E-state index in [9.17, 15) is 19.1 Å². The van der Waals surface area contributed by atoms with E-state index in [2.05, 4.69) is 5.16 Å². The SMILES string of the molecule is O=C(OC[C@@H](O)[C@@H](OC(=O)c1ccccc1)[C@H](F)/C=N/OCc1ccccc1)c1ccccc1. The van der Waals surface area contributed by atoms with Crippen molar-refractivity contribution in [3.05, 3.63) is 108 Å². The van der Waals surface area contributed by atoms with Gasteiger partial charge in [0.15, 0.2) is 12.3 Å². The van der Waals surface area contributed by atoms with Gasteiger partial charge in [-0.3, -0.25) is 0 Å². The monoisotopic (exact) mass is 465 g/mol. The normalized spacial score (nSPS) is 13.6. The number of aliphatic hydroxyl groups excluding tert-OH is 1. The van der Waals surface area contributed by atoms with Crippen molar-refractivity contribution in [1.29, 1.82) is 0 Å². The maximum atomic E-state index is 15.0. The maximum Gasteiger partial charge on any atom is 0.338 e. The van der Waals surface area contributed by atoms with Gasteiger partial charge in [0, 0.05) is 0 Å². The first-order chi connectivity index (χ1) is 16.5. The average molecular weight is 465 g/mol. The van der Waals surface area contributed by atoms with Crippen LogP contribution in [-0.2, 0) is 20.9 Å². The summed E-state index contributed by atoms with van der Waals surface area (Å²) in [5, 5.41) is 14.1. The summed E-state index contributed by atoms with van der Waals surface area (Å²) in [5.41, 5.74) is 1.26. The van der Waals surface area contributed by atoms with Crippen molar-refractivity contribution in [3.63, 3.8) is 0 Å². The van der Waals surface area contributed by atoms with E-state index in [0.717, 1.165) is 11.8 Å². The second kappa shape index (κ2) is 12.9. The molecule has 0 aliphatic heterocycles. The molecule has 0 amide bonds. The summed E-state index contributed by atoms with van der Waals surface area (Å²) in [5.74, 6) is -1.55. The van der Waals surface area contributed by atoms with Crippen LogP contribution in [0.3, 0.4) is 0 Å². The number of alkyl halides is 1. The molecule has 0 saturated heterocycles. The number of hydrogen-bond donors (Lipinski definition) is 1. The predicted molar refractivity (Wildman–Crippen MR) is 123 cm³/mol. The van der Waals surface area contributed by atoms with Crippen LogP contribution >= 0.6 is 0 Å². The molecule has 1 N–H and O–H groups in total. The zero-order chi connectivity index (χ0) is 24.2. The minimum absolute atomic E-state index is 0.107. The number of esters is 2. The van der Waals surface area contributed by atoms with Gasteiger partial charge in [0.25, 0.3) is 0 Å². The molecule has 0 heterocycles. The van der Waals surface area contributed by atoms with E-state index >= 15 is 0 Å². The summed E-state index contributed by atoms with van der Waals surface area (Å²) in [6, 6.07) is 25.2. The van der Waals surface area contributed by atoms with Crippen LogP contribution in [0, 0.1) is 0 Å². The van der Waals surface area contributed by atoms with Gasteiger partial charge < -0.3 is 19.4 Å². The fourth-order valence-corrected chi connectivity index (χ4v) is 2.91. The molecule has 0 aliphatic carbocycles. The minimum Gasteiger partial charge on any atom is -0.459 e. The molecule has 0 aromatic heterocycles. The summed E-state index contributed by atoms with van der Waals surface area (Å²) in [4.78, 5) is 29.7. The fourth-order valence-electron chi connectivity index (χ4n) is 2.91. The molecule has 34 heavy (non-hydrogen) atoms. The highest BCUT2D eigenvalue weighted by Gasteiger charge is 2.33. The number of carbonyl (C=O) groups is 2. The Morgan fingerprint density at radius 2 is 1.38 bits per heavy atom. The smallest absolute Gasteiger partial charge is 0.338 e.